The van der Waals surface area contributed by atoms with Crippen molar-refractivity contribution in [2.75, 3.05) is 6.54 Å². The topological polar surface area (TPSA) is 46.2 Å². The Labute approximate surface area is 110 Å². The first kappa shape index (κ1) is 13.6. The molecule has 0 saturated carbocycles. The molecule has 0 bridgehead atoms. The van der Waals surface area contributed by atoms with Crippen LogP contribution >= 0.6 is 0 Å². The van der Waals surface area contributed by atoms with E-state index in [-0.39, 0.29) is 0 Å². The maximum Gasteiger partial charge on any atom is 0.159 e. The van der Waals surface area contributed by atoms with Gasteiger partial charge < -0.3 is 10.8 Å². The summed E-state index contributed by atoms with van der Waals surface area (Å²) in [5.74, 6) is -1.89. The van der Waals surface area contributed by atoms with E-state index in [0.29, 0.717) is 24.1 Å². The Morgan fingerprint density at radius 1 is 1.00 bits per heavy atom. The summed E-state index contributed by atoms with van der Waals surface area (Å²) in [6.45, 7) is 0.519. The predicted octanol–water partition coefficient (Wildman–Crippen LogP) is 2.55. The van der Waals surface area contributed by atoms with Crippen molar-refractivity contribution in [1.29, 1.82) is 0 Å². The summed E-state index contributed by atoms with van der Waals surface area (Å²) in [4.78, 5) is 0. The highest BCUT2D eigenvalue weighted by Crippen LogP contribution is 2.24. The zero-order valence-electron chi connectivity index (χ0n) is 10.3. The lowest BCUT2D eigenvalue weighted by atomic mass is 9.99. The van der Waals surface area contributed by atoms with Crippen LogP contribution in [0.3, 0.4) is 0 Å². The van der Waals surface area contributed by atoms with Gasteiger partial charge in [0.05, 0.1) is 0 Å². The van der Waals surface area contributed by atoms with Gasteiger partial charge in [-0.05, 0) is 41.8 Å². The minimum Gasteiger partial charge on any atom is -0.384 e. The van der Waals surface area contributed by atoms with Gasteiger partial charge in [0.25, 0.3) is 0 Å². The number of halogens is 2. The maximum atomic E-state index is 13.2. The van der Waals surface area contributed by atoms with Crippen molar-refractivity contribution in [3.63, 3.8) is 0 Å². The van der Waals surface area contributed by atoms with Gasteiger partial charge in [0.1, 0.15) is 6.10 Å². The van der Waals surface area contributed by atoms with E-state index in [1.165, 1.54) is 6.07 Å². The largest absolute Gasteiger partial charge is 0.384 e. The number of nitrogens with two attached hydrogens (primary N) is 1. The van der Waals surface area contributed by atoms with Crippen LogP contribution in [0.1, 0.15) is 22.8 Å². The molecule has 100 valence electrons. The van der Waals surface area contributed by atoms with E-state index >= 15 is 0 Å². The molecule has 3 N–H and O–H groups in total. The predicted molar refractivity (Wildman–Crippen MR) is 69.6 cm³/mol. The van der Waals surface area contributed by atoms with Crippen molar-refractivity contribution < 1.29 is 13.9 Å². The summed E-state index contributed by atoms with van der Waals surface area (Å²) in [6.07, 6.45) is -0.272. The molecule has 0 spiro atoms. The Morgan fingerprint density at radius 2 is 1.74 bits per heavy atom. The first-order valence-electron chi connectivity index (χ1n) is 6.03. The molecule has 2 aromatic carbocycles. The fourth-order valence-corrected chi connectivity index (χ4v) is 1.96. The Balaban J connectivity index is 2.29. The molecule has 0 aliphatic carbocycles. The van der Waals surface area contributed by atoms with Gasteiger partial charge >= 0.3 is 0 Å². The molecule has 2 aromatic rings. The van der Waals surface area contributed by atoms with E-state index in [0.717, 1.165) is 17.7 Å². The molecule has 0 amide bonds. The second-order valence-corrected chi connectivity index (χ2v) is 4.36. The molecule has 2 rings (SSSR count). The van der Waals surface area contributed by atoms with Gasteiger partial charge in [-0.25, -0.2) is 8.78 Å². The quantitative estimate of drug-likeness (QED) is 0.890. The third-order valence-corrected chi connectivity index (χ3v) is 2.96. The molecule has 0 heterocycles. The third kappa shape index (κ3) is 3.16. The summed E-state index contributed by atoms with van der Waals surface area (Å²) in [6, 6.07) is 10.7. The minimum absolute atomic E-state index is 0.323. The maximum absolute atomic E-state index is 13.2. The molecular formula is C15H15F2NO. The molecule has 4 heteroatoms. The Hall–Kier alpha value is -1.78. The van der Waals surface area contributed by atoms with Crippen LogP contribution in [-0.2, 0) is 6.42 Å². The molecular weight excluding hydrogens is 248 g/mol. The van der Waals surface area contributed by atoms with Crippen LogP contribution < -0.4 is 5.73 Å². The normalized spacial score (nSPS) is 12.4. The van der Waals surface area contributed by atoms with Crippen molar-refractivity contribution in [2.24, 2.45) is 5.73 Å². The third-order valence-electron chi connectivity index (χ3n) is 2.96. The molecule has 0 aliphatic rings. The number of hydrogen-bond donors (Lipinski definition) is 2. The van der Waals surface area contributed by atoms with Gasteiger partial charge in [0.2, 0.25) is 0 Å². The van der Waals surface area contributed by atoms with E-state index in [1.807, 2.05) is 18.2 Å². The van der Waals surface area contributed by atoms with Gasteiger partial charge in [0, 0.05) is 0 Å². The van der Waals surface area contributed by atoms with E-state index in [9.17, 15) is 13.9 Å². The van der Waals surface area contributed by atoms with Crippen molar-refractivity contribution in [1.82, 2.24) is 0 Å². The molecule has 0 aromatic heterocycles. The molecule has 0 fully saturated rings. The van der Waals surface area contributed by atoms with Crippen LogP contribution in [0.15, 0.2) is 42.5 Å². The number of aliphatic hydroxyl groups is 1. The first-order valence-corrected chi connectivity index (χ1v) is 6.03. The van der Waals surface area contributed by atoms with Gasteiger partial charge in [-0.15, -0.1) is 0 Å². The highest BCUT2D eigenvalue weighted by Gasteiger charge is 2.13. The van der Waals surface area contributed by atoms with Crippen molar-refractivity contribution in [2.45, 2.75) is 12.5 Å². The van der Waals surface area contributed by atoms with E-state index in [1.54, 1.807) is 6.07 Å². The second kappa shape index (κ2) is 5.91. The number of hydrogen-bond acceptors (Lipinski definition) is 2. The SMILES string of the molecule is NCCc1cccc(C(O)c2ccc(F)c(F)c2)c1. The number of rotatable bonds is 4. The van der Waals surface area contributed by atoms with Crippen LogP contribution in [0, 0.1) is 11.6 Å². The number of aliphatic hydroxyl groups excluding tert-OH is 1. The highest BCUT2D eigenvalue weighted by molar-refractivity contribution is 5.33. The summed E-state index contributed by atoms with van der Waals surface area (Å²) in [7, 11) is 0. The molecule has 0 radical (unpaired) electrons. The molecule has 1 atom stereocenters. The Morgan fingerprint density at radius 3 is 2.42 bits per heavy atom. The van der Waals surface area contributed by atoms with Crippen molar-refractivity contribution >= 4 is 0 Å². The van der Waals surface area contributed by atoms with E-state index in [4.69, 9.17) is 5.73 Å². The van der Waals surface area contributed by atoms with Crippen LogP contribution in [0.2, 0.25) is 0 Å². The standard InChI is InChI=1S/C15H15F2NO/c16-13-5-4-12(9-14(13)17)15(19)11-3-1-2-10(8-11)6-7-18/h1-5,8-9,15,19H,6-7,18H2. The zero-order valence-corrected chi connectivity index (χ0v) is 10.3. The van der Waals surface area contributed by atoms with E-state index < -0.39 is 17.7 Å². The molecule has 0 saturated heterocycles. The van der Waals surface area contributed by atoms with Crippen LogP contribution in [-0.4, -0.2) is 11.7 Å². The fourth-order valence-electron chi connectivity index (χ4n) is 1.96. The number of benzene rings is 2. The van der Waals surface area contributed by atoms with E-state index in [2.05, 4.69) is 0 Å². The average molecular weight is 263 g/mol. The lowest BCUT2D eigenvalue weighted by molar-refractivity contribution is 0.219. The molecule has 19 heavy (non-hydrogen) atoms. The molecule has 0 aliphatic heterocycles. The second-order valence-electron chi connectivity index (χ2n) is 4.36. The van der Waals surface area contributed by atoms with Gasteiger partial charge in [0.15, 0.2) is 11.6 Å². The zero-order chi connectivity index (χ0) is 13.8. The highest BCUT2D eigenvalue weighted by atomic mass is 19.2. The lowest BCUT2D eigenvalue weighted by Crippen LogP contribution is -2.05. The van der Waals surface area contributed by atoms with Crippen LogP contribution in [0.5, 0.6) is 0 Å². The van der Waals surface area contributed by atoms with Crippen molar-refractivity contribution in [3.8, 4) is 0 Å². The summed E-state index contributed by atoms with van der Waals surface area (Å²) in [5, 5.41) is 10.2. The van der Waals surface area contributed by atoms with Crippen LogP contribution in [0.25, 0.3) is 0 Å². The van der Waals surface area contributed by atoms with Crippen LogP contribution in [0.4, 0.5) is 8.78 Å². The van der Waals surface area contributed by atoms with Gasteiger partial charge in [-0.1, -0.05) is 30.3 Å². The monoisotopic (exact) mass is 263 g/mol. The fraction of sp³-hybridized carbons (Fsp3) is 0.200. The van der Waals surface area contributed by atoms with Crippen molar-refractivity contribution in [3.05, 3.63) is 70.8 Å². The average Bonchev–Trinajstić information content (AvgIpc) is 2.42. The first-order chi connectivity index (χ1) is 9.11. The van der Waals surface area contributed by atoms with Gasteiger partial charge in [-0.2, -0.15) is 0 Å². The Bertz CT molecular complexity index is 572. The van der Waals surface area contributed by atoms with Gasteiger partial charge in [-0.3, -0.25) is 0 Å². The Kier molecular flexibility index (Phi) is 4.24. The molecule has 1 unspecified atom stereocenters. The molecule has 2 nitrogen and oxygen atoms in total. The summed E-state index contributed by atoms with van der Waals surface area (Å²) < 4.78 is 26.0. The smallest absolute Gasteiger partial charge is 0.159 e. The summed E-state index contributed by atoms with van der Waals surface area (Å²) >= 11 is 0. The lowest BCUT2D eigenvalue weighted by Gasteiger charge is -2.13. The minimum atomic E-state index is -0.979. The summed E-state index contributed by atoms with van der Waals surface area (Å²) in [5.41, 5.74) is 7.44.